The van der Waals surface area contributed by atoms with Crippen molar-refractivity contribution >= 4 is 5.91 Å². The lowest BCUT2D eigenvalue weighted by atomic mass is 10.1. The average Bonchev–Trinajstić information content (AvgIpc) is 2.67. The Kier molecular flexibility index (Phi) is 5.46. The van der Waals surface area contributed by atoms with Crippen LogP contribution in [-0.4, -0.2) is 15.9 Å². The molecule has 0 aliphatic carbocycles. The van der Waals surface area contributed by atoms with E-state index in [0.29, 0.717) is 18.5 Å². The lowest BCUT2D eigenvalue weighted by Gasteiger charge is -2.07. The summed E-state index contributed by atoms with van der Waals surface area (Å²) in [5.41, 5.74) is 3.38. The fourth-order valence-corrected chi connectivity index (χ4v) is 2.51. The highest BCUT2D eigenvalue weighted by Gasteiger charge is 2.06. The normalized spacial score (nSPS) is 10.4. The SMILES string of the molecule is O=C(CCc1ccccc1F)NCc1cncc(-c2cccnc2)c1. The van der Waals surface area contributed by atoms with Crippen molar-refractivity contribution in [2.45, 2.75) is 19.4 Å². The molecule has 0 saturated carbocycles. The van der Waals surface area contributed by atoms with Gasteiger partial charge in [-0.05, 0) is 35.7 Å². The van der Waals surface area contributed by atoms with Crippen LogP contribution in [0.25, 0.3) is 11.1 Å². The fourth-order valence-electron chi connectivity index (χ4n) is 2.51. The van der Waals surface area contributed by atoms with Gasteiger partial charge < -0.3 is 5.32 Å². The molecule has 0 aliphatic rings. The smallest absolute Gasteiger partial charge is 0.220 e. The molecule has 3 aromatic rings. The summed E-state index contributed by atoms with van der Waals surface area (Å²) >= 11 is 0. The van der Waals surface area contributed by atoms with Crippen molar-refractivity contribution in [3.05, 3.63) is 84.2 Å². The summed E-state index contributed by atoms with van der Waals surface area (Å²) in [6, 6.07) is 12.3. The van der Waals surface area contributed by atoms with Gasteiger partial charge in [-0.1, -0.05) is 24.3 Å². The number of aromatic nitrogens is 2. The summed E-state index contributed by atoms with van der Waals surface area (Å²) in [4.78, 5) is 20.3. The van der Waals surface area contributed by atoms with Crippen LogP contribution in [0.3, 0.4) is 0 Å². The zero-order chi connectivity index (χ0) is 17.5. The van der Waals surface area contributed by atoms with Gasteiger partial charge in [-0.2, -0.15) is 0 Å². The summed E-state index contributed by atoms with van der Waals surface area (Å²) < 4.78 is 13.6. The molecule has 0 aliphatic heterocycles. The number of carbonyl (C=O) groups excluding carboxylic acids is 1. The van der Waals surface area contributed by atoms with E-state index >= 15 is 0 Å². The third-order valence-corrected chi connectivity index (χ3v) is 3.86. The van der Waals surface area contributed by atoms with Gasteiger partial charge in [0.25, 0.3) is 0 Å². The minimum Gasteiger partial charge on any atom is -0.352 e. The number of pyridine rings is 2. The quantitative estimate of drug-likeness (QED) is 0.750. The Labute approximate surface area is 145 Å². The van der Waals surface area contributed by atoms with E-state index in [0.717, 1.165) is 16.7 Å². The van der Waals surface area contributed by atoms with Crippen molar-refractivity contribution in [3.63, 3.8) is 0 Å². The standard InChI is InChI=1S/C20H18FN3O/c21-19-6-2-1-4-16(19)7-8-20(25)24-12-15-10-18(14-23-11-15)17-5-3-9-22-13-17/h1-6,9-11,13-14H,7-8,12H2,(H,24,25). The molecule has 25 heavy (non-hydrogen) atoms. The van der Waals surface area contributed by atoms with E-state index in [1.807, 2.05) is 18.2 Å². The molecule has 0 saturated heterocycles. The molecule has 126 valence electrons. The largest absolute Gasteiger partial charge is 0.352 e. The van der Waals surface area contributed by atoms with E-state index in [1.54, 1.807) is 43.0 Å². The second-order valence-electron chi connectivity index (χ2n) is 5.69. The zero-order valence-corrected chi connectivity index (χ0v) is 13.7. The van der Waals surface area contributed by atoms with Crippen LogP contribution in [0.2, 0.25) is 0 Å². The minimum atomic E-state index is -0.274. The van der Waals surface area contributed by atoms with E-state index in [9.17, 15) is 9.18 Å². The van der Waals surface area contributed by atoms with Gasteiger partial charge in [0.15, 0.2) is 0 Å². The zero-order valence-electron chi connectivity index (χ0n) is 13.7. The van der Waals surface area contributed by atoms with Crippen molar-refractivity contribution in [2.75, 3.05) is 0 Å². The van der Waals surface area contributed by atoms with Crippen LogP contribution in [0.1, 0.15) is 17.5 Å². The van der Waals surface area contributed by atoms with Gasteiger partial charge in [-0.25, -0.2) is 4.39 Å². The Morgan fingerprint density at radius 3 is 2.64 bits per heavy atom. The van der Waals surface area contributed by atoms with Crippen LogP contribution < -0.4 is 5.32 Å². The molecule has 2 heterocycles. The molecule has 0 radical (unpaired) electrons. The number of hydrogen-bond donors (Lipinski definition) is 1. The molecule has 1 amide bonds. The topological polar surface area (TPSA) is 54.9 Å². The average molecular weight is 335 g/mol. The predicted octanol–water partition coefficient (Wildman–Crippen LogP) is 3.53. The molecule has 1 N–H and O–H groups in total. The Morgan fingerprint density at radius 1 is 1.00 bits per heavy atom. The van der Waals surface area contributed by atoms with Crippen molar-refractivity contribution < 1.29 is 9.18 Å². The van der Waals surface area contributed by atoms with E-state index in [4.69, 9.17) is 0 Å². The van der Waals surface area contributed by atoms with Gasteiger partial charge in [0, 0.05) is 48.9 Å². The highest BCUT2D eigenvalue weighted by atomic mass is 19.1. The number of hydrogen-bond acceptors (Lipinski definition) is 3. The first kappa shape index (κ1) is 16.8. The maximum Gasteiger partial charge on any atom is 0.220 e. The Balaban J connectivity index is 1.55. The van der Waals surface area contributed by atoms with Crippen molar-refractivity contribution in [1.82, 2.24) is 15.3 Å². The number of benzene rings is 1. The van der Waals surface area contributed by atoms with Crippen LogP contribution >= 0.6 is 0 Å². The van der Waals surface area contributed by atoms with Gasteiger partial charge in [0.1, 0.15) is 5.82 Å². The minimum absolute atomic E-state index is 0.116. The number of rotatable bonds is 6. The van der Waals surface area contributed by atoms with Crippen LogP contribution in [0, 0.1) is 5.82 Å². The van der Waals surface area contributed by atoms with Gasteiger partial charge in [-0.15, -0.1) is 0 Å². The van der Waals surface area contributed by atoms with E-state index in [-0.39, 0.29) is 18.1 Å². The summed E-state index contributed by atoms with van der Waals surface area (Å²) in [5, 5.41) is 2.85. The number of aryl methyl sites for hydroxylation is 1. The fraction of sp³-hybridized carbons (Fsp3) is 0.150. The first-order valence-electron chi connectivity index (χ1n) is 8.07. The second-order valence-corrected chi connectivity index (χ2v) is 5.69. The number of nitrogens with one attached hydrogen (secondary N) is 1. The van der Waals surface area contributed by atoms with Crippen molar-refractivity contribution in [1.29, 1.82) is 0 Å². The molecule has 0 spiro atoms. The first-order chi connectivity index (χ1) is 12.2. The third-order valence-electron chi connectivity index (χ3n) is 3.86. The molecule has 4 nitrogen and oxygen atoms in total. The molecule has 2 aromatic heterocycles. The van der Waals surface area contributed by atoms with Gasteiger partial charge in [0.05, 0.1) is 0 Å². The molecule has 0 atom stereocenters. The molecule has 0 unspecified atom stereocenters. The molecule has 3 rings (SSSR count). The summed E-state index contributed by atoms with van der Waals surface area (Å²) in [6.45, 7) is 0.386. The predicted molar refractivity (Wildman–Crippen MR) is 94.0 cm³/mol. The first-order valence-corrected chi connectivity index (χ1v) is 8.07. The highest BCUT2D eigenvalue weighted by molar-refractivity contribution is 5.76. The molecular weight excluding hydrogens is 317 g/mol. The third kappa shape index (κ3) is 4.70. The van der Waals surface area contributed by atoms with Gasteiger partial charge in [-0.3, -0.25) is 14.8 Å². The van der Waals surface area contributed by atoms with E-state index in [1.165, 1.54) is 6.07 Å². The Bertz CT molecular complexity index is 852. The summed E-state index contributed by atoms with van der Waals surface area (Å²) in [5.74, 6) is -0.390. The number of halogens is 1. The maximum absolute atomic E-state index is 13.6. The second kappa shape index (κ2) is 8.15. The summed E-state index contributed by atoms with van der Waals surface area (Å²) in [6.07, 6.45) is 7.60. The Hall–Kier alpha value is -3.08. The highest BCUT2D eigenvalue weighted by Crippen LogP contribution is 2.17. The van der Waals surface area contributed by atoms with Crippen LogP contribution in [0.5, 0.6) is 0 Å². The summed E-state index contributed by atoms with van der Waals surface area (Å²) in [7, 11) is 0. The maximum atomic E-state index is 13.6. The van der Waals surface area contributed by atoms with E-state index < -0.39 is 0 Å². The number of nitrogens with zero attached hydrogens (tertiary/aromatic N) is 2. The Morgan fingerprint density at radius 2 is 1.84 bits per heavy atom. The van der Waals surface area contributed by atoms with Crippen LogP contribution in [0.15, 0.2) is 67.3 Å². The van der Waals surface area contributed by atoms with Crippen molar-refractivity contribution in [3.8, 4) is 11.1 Å². The lowest BCUT2D eigenvalue weighted by Crippen LogP contribution is -2.23. The van der Waals surface area contributed by atoms with E-state index in [2.05, 4.69) is 15.3 Å². The van der Waals surface area contributed by atoms with Gasteiger partial charge >= 0.3 is 0 Å². The molecule has 0 fully saturated rings. The molecular formula is C20H18FN3O. The lowest BCUT2D eigenvalue weighted by molar-refractivity contribution is -0.121. The van der Waals surface area contributed by atoms with Gasteiger partial charge in [0.2, 0.25) is 5.91 Å². The van der Waals surface area contributed by atoms with Crippen LogP contribution in [0.4, 0.5) is 4.39 Å². The van der Waals surface area contributed by atoms with Crippen molar-refractivity contribution in [2.24, 2.45) is 0 Å². The molecule has 1 aromatic carbocycles. The number of amides is 1. The van der Waals surface area contributed by atoms with Crippen LogP contribution in [-0.2, 0) is 17.8 Å². The molecule has 0 bridgehead atoms. The number of carbonyl (C=O) groups is 1. The monoisotopic (exact) mass is 335 g/mol. The molecule has 5 heteroatoms.